The Balaban J connectivity index is 0.00000176. The van der Waals surface area contributed by atoms with E-state index in [2.05, 4.69) is 39.5 Å². The van der Waals surface area contributed by atoms with E-state index in [0.717, 1.165) is 51.0 Å². The number of guanidine groups is 1. The van der Waals surface area contributed by atoms with Crippen molar-refractivity contribution in [2.45, 2.75) is 25.7 Å². The van der Waals surface area contributed by atoms with Gasteiger partial charge in [-0.3, -0.25) is 4.99 Å². The SMILES string of the molecule is CN=C(NCCCOCC1CC1)N1CCc2ccccc21.I. The summed E-state index contributed by atoms with van der Waals surface area (Å²) in [6.07, 6.45) is 4.85. The minimum atomic E-state index is 0. The second-order valence-corrected chi connectivity index (χ2v) is 5.88. The number of nitrogens with zero attached hydrogens (tertiary/aromatic N) is 2. The molecule has 1 fully saturated rings. The molecule has 1 aromatic carbocycles. The molecule has 1 heterocycles. The molecule has 1 aliphatic heterocycles. The highest BCUT2D eigenvalue weighted by molar-refractivity contribution is 14.0. The fraction of sp³-hybridized carbons (Fsp3) is 0.588. The molecule has 4 nitrogen and oxygen atoms in total. The zero-order valence-electron chi connectivity index (χ0n) is 13.3. The van der Waals surface area contributed by atoms with Crippen LogP contribution in [0.15, 0.2) is 29.3 Å². The first-order valence-corrected chi connectivity index (χ1v) is 8.02. The van der Waals surface area contributed by atoms with Crippen LogP contribution in [0.3, 0.4) is 0 Å². The zero-order chi connectivity index (χ0) is 14.5. The van der Waals surface area contributed by atoms with Crippen LogP contribution in [0.5, 0.6) is 0 Å². The largest absolute Gasteiger partial charge is 0.381 e. The summed E-state index contributed by atoms with van der Waals surface area (Å²) in [5.41, 5.74) is 2.70. The summed E-state index contributed by atoms with van der Waals surface area (Å²) in [5.74, 6) is 1.83. The van der Waals surface area contributed by atoms with E-state index in [9.17, 15) is 0 Å². The molecule has 122 valence electrons. The van der Waals surface area contributed by atoms with Crippen molar-refractivity contribution in [1.29, 1.82) is 0 Å². The highest BCUT2D eigenvalue weighted by atomic mass is 127. The highest BCUT2D eigenvalue weighted by Crippen LogP contribution is 2.29. The molecule has 0 atom stereocenters. The lowest BCUT2D eigenvalue weighted by Gasteiger charge is -2.22. The summed E-state index contributed by atoms with van der Waals surface area (Å²) in [6.45, 7) is 3.72. The van der Waals surface area contributed by atoms with Crippen molar-refractivity contribution in [3.8, 4) is 0 Å². The number of hydrogen-bond donors (Lipinski definition) is 1. The first kappa shape index (κ1) is 17.5. The third-order valence-electron chi connectivity index (χ3n) is 4.15. The van der Waals surface area contributed by atoms with E-state index >= 15 is 0 Å². The number of fused-ring (bicyclic) bond motifs is 1. The Morgan fingerprint density at radius 1 is 1.36 bits per heavy atom. The minimum Gasteiger partial charge on any atom is -0.381 e. The first-order valence-electron chi connectivity index (χ1n) is 8.02. The van der Waals surface area contributed by atoms with Crippen molar-refractivity contribution < 1.29 is 4.74 Å². The van der Waals surface area contributed by atoms with E-state index in [1.165, 1.54) is 24.1 Å². The maximum Gasteiger partial charge on any atom is 0.198 e. The number of benzene rings is 1. The summed E-state index contributed by atoms with van der Waals surface area (Å²) in [5, 5.41) is 3.45. The molecule has 0 bridgehead atoms. The van der Waals surface area contributed by atoms with Crippen molar-refractivity contribution in [3.05, 3.63) is 29.8 Å². The van der Waals surface area contributed by atoms with Gasteiger partial charge < -0.3 is 15.0 Å². The minimum absolute atomic E-state index is 0. The van der Waals surface area contributed by atoms with Crippen LogP contribution >= 0.6 is 24.0 Å². The van der Waals surface area contributed by atoms with Crippen LogP contribution < -0.4 is 10.2 Å². The van der Waals surface area contributed by atoms with Gasteiger partial charge in [-0.1, -0.05) is 18.2 Å². The van der Waals surface area contributed by atoms with Crippen LogP contribution in [0.2, 0.25) is 0 Å². The Morgan fingerprint density at radius 2 is 2.18 bits per heavy atom. The molecular weight excluding hydrogens is 389 g/mol. The predicted molar refractivity (Wildman–Crippen MR) is 102 cm³/mol. The third kappa shape index (κ3) is 4.59. The van der Waals surface area contributed by atoms with Crippen LogP contribution in [0.4, 0.5) is 5.69 Å². The van der Waals surface area contributed by atoms with Crippen molar-refractivity contribution in [3.63, 3.8) is 0 Å². The molecular formula is C17H26IN3O. The standard InChI is InChI=1S/C17H25N3O.HI/c1-18-17(19-10-4-12-21-13-14-7-8-14)20-11-9-15-5-2-3-6-16(15)20;/h2-3,5-6,14H,4,7-13H2,1H3,(H,18,19);1H. The number of halogens is 1. The maximum atomic E-state index is 5.66. The third-order valence-corrected chi connectivity index (χ3v) is 4.15. The molecule has 1 N–H and O–H groups in total. The van der Waals surface area contributed by atoms with E-state index < -0.39 is 0 Å². The Morgan fingerprint density at radius 3 is 2.95 bits per heavy atom. The van der Waals surface area contributed by atoms with Gasteiger partial charge in [-0.2, -0.15) is 0 Å². The fourth-order valence-electron chi connectivity index (χ4n) is 2.76. The summed E-state index contributed by atoms with van der Waals surface area (Å²) in [7, 11) is 1.85. The predicted octanol–water partition coefficient (Wildman–Crippen LogP) is 3.06. The van der Waals surface area contributed by atoms with Crippen molar-refractivity contribution in [2.75, 3.05) is 38.3 Å². The molecule has 5 heteroatoms. The molecule has 0 radical (unpaired) electrons. The molecule has 0 amide bonds. The zero-order valence-corrected chi connectivity index (χ0v) is 15.6. The number of hydrogen-bond acceptors (Lipinski definition) is 2. The van der Waals surface area contributed by atoms with Crippen molar-refractivity contribution >= 4 is 35.6 Å². The van der Waals surface area contributed by atoms with Gasteiger partial charge >= 0.3 is 0 Å². The summed E-state index contributed by atoms with van der Waals surface area (Å²) in [6, 6.07) is 8.58. The van der Waals surface area contributed by atoms with Crippen LogP contribution in [-0.4, -0.2) is 39.3 Å². The van der Waals surface area contributed by atoms with Gasteiger partial charge in [0, 0.05) is 39.0 Å². The average Bonchev–Trinajstić information content (AvgIpc) is 3.25. The quantitative estimate of drug-likeness (QED) is 0.336. The molecule has 3 rings (SSSR count). The van der Waals surface area contributed by atoms with Crippen LogP contribution in [-0.2, 0) is 11.2 Å². The van der Waals surface area contributed by atoms with Gasteiger partial charge in [0.2, 0.25) is 0 Å². The molecule has 0 spiro atoms. The monoisotopic (exact) mass is 415 g/mol. The lowest BCUT2D eigenvalue weighted by molar-refractivity contribution is 0.123. The average molecular weight is 415 g/mol. The molecule has 2 aliphatic rings. The maximum absolute atomic E-state index is 5.66. The lowest BCUT2D eigenvalue weighted by atomic mass is 10.2. The Hall–Kier alpha value is -0.820. The molecule has 1 aromatic rings. The van der Waals surface area contributed by atoms with E-state index in [1.54, 1.807) is 0 Å². The molecule has 22 heavy (non-hydrogen) atoms. The number of rotatable bonds is 6. The van der Waals surface area contributed by atoms with Crippen molar-refractivity contribution in [1.82, 2.24) is 5.32 Å². The van der Waals surface area contributed by atoms with Crippen molar-refractivity contribution in [2.24, 2.45) is 10.9 Å². The molecule has 1 saturated carbocycles. The number of ether oxygens (including phenoxy) is 1. The molecule has 0 saturated heterocycles. The van der Waals surface area contributed by atoms with E-state index in [4.69, 9.17) is 4.74 Å². The van der Waals surface area contributed by atoms with Gasteiger partial charge in [0.1, 0.15) is 0 Å². The molecule has 1 aliphatic carbocycles. The van der Waals surface area contributed by atoms with Crippen LogP contribution in [0.1, 0.15) is 24.8 Å². The highest BCUT2D eigenvalue weighted by Gasteiger charge is 2.22. The topological polar surface area (TPSA) is 36.9 Å². The van der Waals surface area contributed by atoms with Gasteiger partial charge in [-0.15, -0.1) is 24.0 Å². The van der Waals surface area contributed by atoms with E-state index in [-0.39, 0.29) is 24.0 Å². The van der Waals surface area contributed by atoms with Gasteiger partial charge in [-0.25, -0.2) is 0 Å². The van der Waals surface area contributed by atoms with Gasteiger partial charge in [0.25, 0.3) is 0 Å². The van der Waals surface area contributed by atoms with Crippen LogP contribution in [0.25, 0.3) is 0 Å². The summed E-state index contributed by atoms with van der Waals surface area (Å²) in [4.78, 5) is 6.69. The first-order chi connectivity index (χ1) is 10.4. The lowest BCUT2D eigenvalue weighted by Crippen LogP contribution is -2.41. The Labute approximate surface area is 150 Å². The number of aliphatic imine (C=N–C) groups is 1. The number of nitrogens with one attached hydrogen (secondary N) is 1. The second-order valence-electron chi connectivity index (χ2n) is 5.88. The normalized spacial score (nSPS) is 17.1. The smallest absolute Gasteiger partial charge is 0.198 e. The Kier molecular flexibility index (Phi) is 6.95. The Bertz CT molecular complexity index is 502. The molecule has 0 aromatic heterocycles. The molecule has 0 unspecified atom stereocenters. The number of para-hydroxylation sites is 1. The summed E-state index contributed by atoms with van der Waals surface area (Å²) >= 11 is 0. The summed E-state index contributed by atoms with van der Waals surface area (Å²) < 4.78 is 5.66. The van der Waals surface area contributed by atoms with Gasteiger partial charge in [0.15, 0.2) is 5.96 Å². The van der Waals surface area contributed by atoms with Gasteiger partial charge in [0.05, 0.1) is 0 Å². The van der Waals surface area contributed by atoms with Crippen LogP contribution in [0, 0.1) is 5.92 Å². The fourth-order valence-corrected chi connectivity index (χ4v) is 2.76. The van der Waals surface area contributed by atoms with Gasteiger partial charge in [-0.05, 0) is 43.2 Å². The van der Waals surface area contributed by atoms with E-state index in [0.29, 0.717) is 0 Å². The van der Waals surface area contributed by atoms with E-state index in [1.807, 2.05) is 7.05 Å². The number of anilines is 1. The second kappa shape index (κ2) is 8.72.